The van der Waals surface area contributed by atoms with Crippen molar-refractivity contribution in [1.82, 2.24) is 9.88 Å². The van der Waals surface area contributed by atoms with Crippen molar-refractivity contribution in [2.45, 2.75) is 49.6 Å². The molecule has 1 aromatic heterocycles. The topological polar surface area (TPSA) is 45.6 Å². The molecule has 5 rings (SSSR count). The minimum absolute atomic E-state index is 0.133. The maximum absolute atomic E-state index is 9.53. The van der Waals surface area contributed by atoms with Crippen LogP contribution in [-0.4, -0.2) is 47.8 Å². The molecule has 4 nitrogen and oxygen atoms in total. The number of rotatable bonds is 8. The van der Waals surface area contributed by atoms with Crippen LogP contribution < -0.4 is 0 Å². The minimum atomic E-state index is -0.172. The van der Waals surface area contributed by atoms with Crippen molar-refractivity contribution in [3.05, 3.63) is 64.7 Å². The van der Waals surface area contributed by atoms with E-state index in [0.717, 1.165) is 61.3 Å². The van der Waals surface area contributed by atoms with Gasteiger partial charge in [0.15, 0.2) is 0 Å². The number of para-hydroxylation sites is 1. The smallest absolute Gasteiger partial charge is 0.134 e. The molecule has 3 aromatic rings. The summed E-state index contributed by atoms with van der Waals surface area (Å²) >= 11 is 6.74. The van der Waals surface area contributed by atoms with Gasteiger partial charge in [0.2, 0.25) is 0 Å². The summed E-state index contributed by atoms with van der Waals surface area (Å²) in [4.78, 5) is 7.34. The Hall–Kier alpha value is -1.44. The van der Waals surface area contributed by atoms with Gasteiger partial charge in [0.05, 0.1) is 16.3 Å². The molecule has 1 aliphatic carbocycles. The number of nitrogens with zero attached hydrogens (tertiary/aromatic N) is 2. The summed E-state index contributed by atoms with van der Waals surface area (Å²) in [6.07, 6.45) is 5.26. The highest BCUT2D eigenvalue weighted by atomic mass is 32.1. The van der Waals surface area contributed by atoms with Crippen molar-refractivity contribution in [3.63, 3.8) is 0 Å². The zero-order chi connectivity index (χ0) is 22.1. The largest absolute Gasteiger partial charge is 0.396 e. The van der Waals surface area contributed by atoms with E-state index in [1.54, 1.807) is 11.3 Å². The van der Waals surface area contributed by atoms with Crippen LogP contribution in [0.25, 0.3) is 10.2 Å². The van der Waals surface area contributed by atoms with E-state index in [0.29, 0.717) is 0 Å². The molecule has 2 aromatic carbocycles. The molecule has 6 heteroatoms. The fraction of sp³-hybridized carbons (Fsp3) is 0.500. The average molecular weight is 469 g/mol. The van der Waals surface area contributed by atoms with Gasteiger partial charge in [-0.05, 0) is 67.8 Å². The lowest BCUT2D eigenvalue weighted by Crippen LogP contribution is -2.35. The molecule has 1 aliphatic heterocycles. The lowest BCUT2D eigenvalue weighted by atomic mass is 9.91. The first-order valence-electron chi connectivity index (χ1n) is 11.7. The van der Waals surface area contributed by atoms with Gasteiger partial charge in [0.1, 0.15) is 11.1 Å². The number of benzene rings is 2. The lowest BCUT2D eigenvalue weighted by molar-refractivity contribution is -0.0234. The van der Waals surface area contributed by atoms with E-state index in [1.165, 1.54) is 10.3 Å². The predicted octanol–water partition coefficient (Wildman–Crippen LogP) is 5.63. The van der Waals surface area contributed by atoms with E-state index < -0.39 is 0 Å². The van der Waals surface area contributed by atoms with Crippen LogP contribution in [0.5, 0.6) is 0 Å². The summed E-state index contributed by atoms with van der Waals surface area (Å²) in [6, 6.07) is 17.1. The molecule has 0 spiro atoms. The quantitative estimate of drug-likeness (QED) is 0.421. The van der Waals surface area contributed by atoms with Crippen LogP contribution in [0.3, 0.4) is 0 Å². The molecule has 2 heterocycles. The van der Waals surface area contributed by atoms with Crippen molar-refractivity contribution >= 4 is 34.2 Å². The van der Waals surface area contributed by atoms with E-state index in [-0.39, 0.29) is 29.5 Å². The Morgan fingerprint density at radius 3 is 2.62 bits per heavy atom. The van der Waals surface area contributed by atoms with Crippen LogP contribution in [0, 0.1) is 5.41 Å². The van der Waals surface area contributed by atoms with Gasteiger partial charge >= 0.3 is 0 Å². The van der Waals surface area contributed by atoms with Gasteiger partial charge < -0.3 is 14.7 Å². The molecule has 2 fully saturated rings. The van der Waals surface area contributed by atoms with Gasteiger partial charge in [-0.2, -0.15) is 12.6 Å². The van der Waals surface area contributed by atoms with Crippen molar-refractivity contribution < 1.29 is 9.84 Å². The SMILES string of the molecule is CN1CCC(OC(c2cccc(C(S)C3(CCO)CC3)c2)c2nc3ccccc3s2)CC1. The summed E-state index contributed by atoms with van der Waals surface area (Å²) in [5.74, 6) is 0. The minimum Gasteiger partial charge on any atom is -0.396 e. The third-order valence-electron chi connectivity index (χ3n) is 7.14. The number of aliphatic hydroxyl groups excluding tert-OH is 1. The van der Waals surface area contributed by atoms with Gasteiger partial charge in [0.25, 0.3) is 0 Å². The fourth-order valence-electron chi connectivity index (χ4n) is 4.88. The van der Waals surface area contributed by atoms with Crippen LogP contribution in [-0.2, 0) is 4.74 Å². The van der Waals surface area contributed by atoms with Crippen molar-refractivity contribution in [3.8, 4) is 0 Å². The Bertz CT molecular complexity index is 1020. The van der Waals surface area contributed by atoms with E-state index in [1.807, 2.05) is 6.07 Å². The number of hydrogen-bond donors (Lipinski definition) is 2. The van der Waals surface area contributed by atoms with Gasteiger partial charge in [0, 0.05) is 24.9 Å². The number of fused-ring (bicyclic) bond motifs is 1. The average Bonchev–Trinajstić information content (AvgIpc) is 3.47. The van der Waals surface area contributed by atoms with Gasteiger partial charge in [-0.1, -0.05) is 36.4 Å². The first-order valence-corrected chi connectivity index (χ1v) is 13.0. The van der Waals surface area contributed by atoms with E-state index in [9.17, 15) is 5.11 Å². The van der Waals surface area contributed by atoms with Gasteiger partial charge in [-0.25, -0.2) is 4.98 Å². The summed E-state index contributed by atoms with van der Waals surface area (Å²) in [7, 11) is 2.18. The van der Waals surface area contributed by atoms with Crippen LogP contribution in [0.1, 0.15) is 59.6 Å². The normalized spacial score (nSPS) is 21.0. The third-order valence-corrected chi connectivity index (χ3v) is 9.07. The monoisotopic (exact) mass is 468 g/mol. The van der Waals surface area contributed by atoms with Crippen LogP contribution in [0.4, 0.5) is 0 Å². The molecular weight excluding hydrogens is 436 g/mol. The van der Waals surface area contributed by atoms with E-state index >= 15 is 0 Å². The molecule has 1 saturated heterocycles. The standard InChI is InChI=1S/C26H32N2O2S2/c1-28-14-9-20(10-15-28)30-23(25-27-21-7-2-3-8-22(21)32-25)18-5-4-6-19(17-18)24(31)26(11-12-26)13-16-29/h2-8,17,20,23-24,29,31H,9-16H2,1H3. The Balaban J connectivity index is 1.47. The maximum Gasteiger partial charge on any atom is 0.134 e. The van der Waals surface area contributed by atoms with Crippen molar-refractivity contribution in [1.29, 1.82) is 0 Å². The zero-order valence-electron chi connectivity index (χ0n) is 18.6. The molecule has 0 bridgehead atoms. The highest BCUT2D eigenvalue weighted by Crippen LogP contribution is 2.60. The molecule has 170 valence electrons. The molecule has 2 atom stereocenters. The lowest BCUT2D eigenvalue weighted by Gasteiger charge is -2.32. The molecule has 32 heavy (non-hydrogen) atoms. The van der Waals surface area contributed by atoms with Crippen LogP contribution in [0.15, 0.2) is 48.5 Å². The maximum atomic E-state index is 9.53. The summed E-state index contributed by atoms with van der Waals surface area (Å²) in [5, 5.41) is 10.7. The van der Waals surface area contributed by atoms with Crippen LogP contribution in [0.2, 0.25) is 0 Å². The second-order valence-electron chi connectivity index (χ2n) is 9.45. The molecule has 2 unspecified atom stereocenters. The second-order valence-corrected chi connectivity index (χ2v) is 11.0. The number of thiol groups is 1. The number of thiazole rings is 1. The summed E-state index contributed by atoms with van der Waals surface area (Å²) in [5.41, 5.74) is 3.54. The molecule has 0 radical (unpaired) electrons. The number of hydrogen-bond acceptors (Lipinski definition) is 6. The molecule has 1 saturated carbocycles. The number of likely N-dealkylation sites (tertiary alicyclic amines) is 1. The number of aromatic nitrogens is 1. The summed E-state index contributed by atoms with van der Waals surface area (Å²) < 4.78 is 7.98. The molecular formula is C26H32N2O2S2. The zero-order valence-corrected chi connectivity index (χ0v) is 20.3. The Labute approximate surface area is 200 Å². The Morgan fingerprint density at radius 2 is 1.91 bits per heavy atom. The van der Waals surface area contributed by atoms with Gasteiger partial charge in [-0.15, -0.1) is 11.3 Å². The number of ether oxygens (including phenoxy) is 1. The first kappa shape index (κ1) is 22.4. The van der Waals surface area contributed by atoms with Crippen molar-refractivity contribution in [2.75, 3.05) is 26.7 Å². The highest BCUT2D eigenvalue weighted by molar-refractivity contribution is 7.80. The molecule has 2 aliphatic rings. The Kier molecular flexibility index (Phi) is 6.59. The van der Waals surface area contributed by atoms with E-state index in [2.05, 4.69) is 54.4 Å². The van der Waals surface area contributed by atoms with Crippen molar-refractivity contribution in [2.24, 2.45) is 5.41 Å². The molecule has 0 amide bonds. The number of aliphatic hydroxyl groups is 1. The second kappa shape index (κ2) is 9.43. The predicted molar refractivity (Wildman–Crippen MR) is 135 cm³/mol. The first-order chi connectivity index (χ1) is 15.6. The highest BCUT2D eigenvalue weighted by Gasteiger charge is 2.47. The number of piperidine rings is 1. The third kappa shape index (κ3) is 4.62. The fourth-order valence-corrected chi connectivity index (χ4v) is 6.46. The summed E-state index contributed by atoms with van der Waals surface area (Å²) in [6.45, 7) is 2.36. The van der Waals surface area contributed by atoms with Crippen LogP contribution >= 0.6 is 24.0 Å². The van der Waals surface area contributed by atoms with E-state index in [4.69, 9.17) is 22.3 Å². The molecule has 1 N–H and O–H groups in total. The Morgan fingerprint density at radius 1 is 1.16 bits per heavy atom. The van der Waals surface area contributed by atoms with Gasteiger partial charge in [-0.3, -0.25) is 0 Å².